The second kappa shape index (κ2) is 8.94. The van der Waals surface area contributed by atoms with E-state index in [0.29, 0.717) is 0 Å². The monoisotopic (exact) mass is 342 g/mol. The van der Waals surface area contributed by atoms with E-state index < -0.39 is 68.3 Å². The largest absolute Gasteiger partial charge is 0.394 e. The normalized spacial score (nSPS) is 37.0. The van der Waals surface area contributed by atoms with E-state index in [2.05, 4.69) is 0 Å². The van der Waals surface area contributed by atoms with Gasteiger partial charge in [0.15, 0.2) is 12.6 Å². The van der Waals surface area contributed by atoms with Crippen molar-refractivity contribution in [2.45, 2.75) is 55.1 Å². The van der Waals surface area contributed by atoms with Gasteiger partial charge in [-0.25, -0.2) is 0 Å². The van der Waals surface area contributed by atoms with Crippen LogP contribution in [0.25, 0.3) is 0 Å². The fraction of sp³-hybridized carbons (Fsp3) is 0.917. The predicted octanol–water partition coefficient (Wildman–Crippen LogP) is -5.55. The Morgan fingerprint density at radius 2 is 1.65 bits per heavy atom. The van der Waals surface area contributed by atoms with E-state index in [0.717, 1.165) is 0 Å². The number of aliphatic hydroxyl groups excluding tert-OH is 8. The second-order valence-electron chi connectivity index (χ2n) is 5.17. The van der Waals surface area contributed by atoms with Gasteiger partial charge in [0.05, 0.1) is 13.2 Å². The molecule has 0 aromatic rings. The van der Waals surface area contributed by atoms with Crippen LogP contribution >= 0.6 is 0 Å². The third-order valence-corrected chi connectivity index (χ3v) is 3.53. The molecule has 0 amide bonds. The number of hydrogen-bond donors (Lipinski definition) is 8. The van der Waals surface area contributed by atoms with Gasteiger partial charge in [0, 0.05) is 0 Å². The summed E-state index contributed by atoms with van der Waals surface area (Å²) in [5.74, 6) is 0. The van der Waals surface area contributed by atoms with Crippen molar-refractivity contribution in [2.24, 2.45) is 0 Å². The molecule has 1 saturated heterocycles. The number of hydrogen-bond acceptors (Lipinski definition) is 11. The summed E-state index contributed by atoms with van der Waals surface area (Å²) in [5, 5.41) is 75.7. The SMILES string of the molecule is O=C[C@H](O)[C@@H](O)[C@H](OC1O[C@H](CO)[C@H](O)[C@H](O)[C@H]1O)[C@H](O)CO. The molecular weight excluding hydrogens is 320 g/mol. The Balaban J connectivity index is 2.91. The minimum Gasteiger partial charge on any atom is -0.394 e. The first-order valence-electron chi connectivity index (χ1n) is 6.84. The van der Waals surface area contributed by atoms with Gasteiger partial charge >= 0.3 is 0 Å². The maximum atomic E-state index is 10.5. The molecule has 0 aromatic carbocycles. The van der Waals surface area contributed by atoms with Gasteiger partial charge in [0.2, 0.25) is 0 Å². The second-order valence-corrected chi connectivity index (χ2v) is 5.17. The van der Waals surface area contributed by atoms with Gasteiger partial charge in [-0.2, -0.15) is 0 Å². The molecule has 11 nitrogen and oxygen atoms in total. The van der Waals surface area contributed by atoms with Gasteiger partial charge in [-0.05, 0) is 0 Å². The first kappa shape index (κ1) is 20.3. The maximum absolute atomic E-state index is 10.5. The molecule has 0 aliphatic carbocycles. The molecule has 1 aliphatic heterocycles. The summed E-state index contributed by atoms with van der Waals surface area (Å²) in [6.07, 6.45) is -15.7. The van der Waals surface area contributed by atoms with Crippen molar-refractivity contribution in [3.8, 4) is 0 Å². The zero-order valence-corrected chi connectivity index (χ0v) is 12.0. The Hall–Kier alpha value is -0.730. The van der Waals surface area contributed by atoms with Crippen LogP contribution in [0, 0.1) is 0 Å². The van der Waals surface area contributed by atoms with E-state index in [1.807, 2.05) is 0 Å². The lowest BCUT2D eigenvalue weighted by Crippen LogP contribution is -2.61. The molecule has 0 saturated carbocycles. The summed E-state index contributed by atoms with van der Waals surface area (Å²) in [6, 6.07) is 0. The van der Waals surface area contributed by atoms with Crippen LogP contribution in [0.4, 0.5) is 0 Å². The van der Waals surface area contributed by atoms with Crippen LogP contribution in [0.2, 0.25) is 0 Å². The van der Waals surface area contributed by atoms with E-state index in [1.54, 1.807) is 0 Å². The van der Waals surface area contributed by atoms with Crippen LogP contribution < -0.4 is 0 Å². The third-order valence-electron chi connectivity index (χ3n) is 3.53. The minimum absolute atomic E-state index is 0.0294. The van der Waals surface area contributed by atoms with Crippen molar-refractivity contribution < 1.29 is 55.1 Å². The van der Waals surface area contributed by atoms with E-state index >= 15 is 0 Å². The van der Waals surface area contributed by atoms with E-state index in [9.17, 15) is 35.4 Å². The molecule has 8 N–H and O–H groups in total. The smallest absolute Gasteiger partial charge is 0.187 e. The lowest BCUT2D eigenvalue weighted by molar-refractivity contribution is -0.326. The molecule has 23 heavy (non-hydrogen) atoms. The lowest BCUT2D eigenvalue weighted by atomic mass is 9.98. The van der Waals surface area contributed by atoms with Gasteiger partial charge in [0.1, 0.15) is 48.8 Å². The minimum atomic E-state index is -1.97. The molecule has 1 unspecified atom stereocenters. The molecule has 1 rings (SSSR count). The van der Waals surface area contributed by atoms with Crippen molar-refractivity contribution >= 4 is 6.29 Å². The lowest BCUT2D eigenvalue weighted by Gasteiger charge is -2.42. The molecule has 1 fully saturated rings. The molecule has 9 atom stereocenters. The Morgan fingerprint density at radius 1 is 1.04 bits per heavy atom. The van der Waals surface area contributed by atoms with E-state index in [-0.39, 0.29) is 6.29 Å². The van der Waals surface area contributed by atoms with Gasteiger partial charge in [-0.1, -0.05) is 0 Å². The maximum Gasteiger partial charge on any atom is 0.187 e. The molecular formula is C12H22O11. The number of rotatable bonds is 8. The van der Waals surface area contributed by atoms with E-state index in [4.69, 9.17) is 19.7 Å². The summed E-state index contributed by atoms with van der Waals surface area (Å²) >= 11 is 0. The van der Waals surface area contributed by atoms with Gasteiger partial charge in [-0.3, -0.25) is 0 Å². The highest BCUT2D eigenvalue weighted by atomic mass is 16.7. The third kappa shape index (κ3) is 4.64. The molecule has 0 spiro atoms. The van der Waals surface area contributed by atoms with Crippen molar-refractivity contribution in [2.75, 3.05) is 13.2 Å². The number of aliphatic hydroxyl groups is 8. The number of aldehydes is 1. The highest BCUT2D eigenvalue weighted by molar-refractivity contribution is 5.56. The zero-order valence-electron chi connectivity index (χ0n) is 12.0. The average molecular weight is 342 g/mol. The Bertz CT molecular complexity index is 365. The first-order chi connectivity index (χ1) is 10.8. The summed E-state index contributed by atoms with van der Waals surface area (Å²) in [7, 11) is 0. The molecule has 0 aromatic heterocycles. The Labute approximate surface area is 130 Å². The van der Waals surface area contributed by atoms with Crippen molar-refractivity contribution in [1.82, 2.24) is 0 Å². The van der Waals surface area contributed by atoms with Gasteiger partial charge in [-0.15, -0.1) is 0 Å². The predicted molar refractivity (Wildman–Crippen MR) is 69.8 cm³/mol. The van der Waals surface area contributed by atoms with Crippen molar-refractivity contribution in [3.05, 3.63) is 0 Å². The summed E-state index contributed by atoms with van der Waals surface area (Å²) in [5.41, 5.74) is 0. The zero-order chi connectivity index (χ0) is 17.7. The Morgan fingerprint density at radius 3 is 2.13 bits per heavy atom. The standard InChI is InChI=1S/C12H22O11/c13-1-4(16)7(18)11(5(17)2-14)23-12-10(21)9(20)8(19)6(3-15)22-12/h1,4-12,14-21H,2-3H2/t4-,5+,6+,7+,8-,9-,10+,11+,12?/m0/s1. The number of ether oxygens (including phenoxy) is 2. The van der Waals surface area contributed by atoms with Crippen LogP contribution in [-0.2, 0) is 14.3 Å². The van der Waals surface area contributed by atoms with E-state index in [1.165, 1.54) is 0 Å². The quantitative estimate of drug-likeness (QED) is 0.196. The average Bonchev–Trinajstić information content (AvgIpc) is 2.57. The van der Waals surface area contributed by atoms with Crippen LogP contribution in [0.15, 0.2) is 0 Å². The molecule has 1 heterocycles. The highest BCUT2D eigenvalue weighted by Gasteiger charge is 2.46. The topological polar surface area (TPSA) is 197 Å². The summed E-state index contributed by atoms with van der Waals surface area (Å²) < 4.78 is 10.1. The van der Waals surface area contributed by atoms with Crippen molar-refractivity contribution in [1.29, 1.82) is 0 Å². The fourth-order valence-corrected chi connectivity index (χ4v) is 2.11. The van der Waals surface area contributed by atoms with Gasteiger partial charge in [0.25, 0.3) is 0 Å². The molecule has 11 heteroatoms. The van der Waals surface area contributed by atoms with Crippen LogP contribution in [0.5, 0.6) is 0 Å². The molecule has 0 bridgehead atoms. The summed E-state index contributed by atoms with van der Waals surface area (Å²) in [4.78, 5) is 10.5. The van der Waals surface area contributed by atoms with Gasteiger partial charge < -0.3 is 55.1 Å². The van der Waals surface area contributed by atoms with Crippen LogP contribution in [0.1, 0.15) is 0 Å². The number of carbonyl (C=O) groups is 1. The van der Waals surface area contributed by atoms with Crippen LogP contribution in [0.3, 0.4) is 0 Å². The highest BCUT2D eigenvalue weighted by Crippen LogP contribution is 2.24. The molecule has 0 radical (unpaired) electrons. The van der Waals surface area contributed by atoms with Crippen LogP contribution in [-0.4, -0.2) is 115 Å². The summed E-state index contributed by atoms with van der Waals surface area (Å²) in [6.45, 7) is -1.64. The molecule has 1 aliphatic rings. The first-order valence-corrected chi connectivity index (χ1v) is 6.84. The Kier molecular flexibility index (Phi) is 7.89. The molecule has 136 valence electrons. The number of carbonyl (C=O) groups excluding carboxylic acids is 1. The fourth-order valence-electron chi connectivity index (χ4n) is 2.11. The van der Waals surface area contributed by atoms with Crippen molar-refractivity contribution in [3.63, 3.8) is 0 Å².